The number of ether oxygens (including phenoxy) is 6. The van der Waals surface area contributed by atoms with Crippen LogP contribution < -0.4 is 0 Å². The van der Waals surface area contributed by atoms with Crippen LogP contribution in [0.25, 0.3) is 0 Å². The van der Waals surface area contributed by atoms with Gasteiger partial charge in [0, 0.05) is 37.5 Å². The summed E-state index contributed by atoms with van der Waals surface area (Å²) in [6, 6.07) is 0. The summed E-state index contributed by atoms with van der Waals surface area (Å²) in [4.78, 5) is 0. The first kappa shape index (κ1) is 48.2. The van der Waals surface area contributed by atoms with E-state index in [1.807, 2.05) is 0 Å². The molecule has 7 N–H and O–H groups in total. The van der Waals surface area contributed by atoms with E-state index in [0.29, 0.717) is 49.4 Å². The molecule has 0 amide bonds. The number of allylic oxidation sites excluding steroid dienone is 1. The number of hydrogen-bond acceptors (Lipinski definition) is 13. The van der Waals surface area contributed by atoms with E-state index in [-0.39, 0.29) is 59.9 Å². The summed E-state index contributed by atoms with van der Waals surface area (Å²) in [5.41, 5.74) is 0.793. The Balaban J connectivity index is 0.970. The third kappa shape index (κ3) is 9.45. The van der Waals surface area contributed by atoms with Crippen LogP contribution in [-0.4, -0.2) is 135 Å². The van der Waals surface area contributed by atoms with Crippen molar-refractivity contribution in [1.82, 2.24) is 0 Å². The summed E-state index contributed by atoms with van der Waals surface area (Å²) in [7, 11) is 0. The van der Waals surface area contributed by atoms with Crippen LogP contribution in [-0.2, 0) is 28.4 Å². The minimum atomic E-state index is -1.14. The summed E-state index contributed by atoms with van der Waals surface area (Å²) in [6.45, 7) is 17.9. The normalized spacial score (nSPS) is 47.4. The van der Waals surface area contributed by atoms with Crippen LogP contribution in [0, 0.1) is 45.3 Å². The number of aliphatic hydroxyl groups is 7. The van der Waals surface area contributed by atoms with Crippen LogP contribution in [0.15, 0.2) is 11.6 Å². The third-order valence-electron chi connectivity index (χ3n) is 17.9. The molecular formula is C48H82O13. The highest BCUT2D eigenvalue weighted by Crippen LogP contribution is 2.75. The molecule has 3 unspecified atom stereocenters. The second-order valence-electron chi connectivity index (χ2n) is 22.5. The smallest absolute Gasteiger partial charge is 0.184 e. The molecule has 0 radical (unpaired) electrons. The summed E-state index contributed by atoms with van der Waals surface area (Å²) in [5.74, 6) is 2.04. The molecule has 0 aromatic carbocycles. The lowest BCUT2D eigenvalue weighted by atomic mass is 9.39. The summed E-state index contributed by atoms with van der Waals surface area (Å²) >= 11 is 0. The number of aliphatic hydroxyl groups excluding tert-OH is 6. The lowest BCUT2D eigenvalue weighted by Crippen LogP contribution is -2.59. The molecule has 13 nitrogen and oxygen atoms in total. The van der Waals surface area contributed by atoms with Crippen molar-refractivity contribution in [2.75, 3.05) is 19.8 Å². The van der Waals surface area contributed by atoms with Crippen LogP contribution in [0.2, 0.25) is 0 Å². The van der Waals surface area contributed by atoms with Crippen molar-refractivity contribution in [2.45, 2.75) is 225 Å². The zero-order valence-corrected chi connectivity index (χ0v) is 38.4. The predicted molar refractivity (Wildman–Crippen MR) is 227 cm³/mol. The van der Waals surface area contributed by atoms with Gasteiger partial charge in [0.1, 0.15) is 12.2 Å². The van der Waals surface area contributed by atoms with E-state index in [1.54, 1.807) is 13.8 Å². The van der Waals surface area contributed by atoms with Crippen LogP contribution in [0.1, 0.15) is 145 Å². The van der Waals surface area contributed by atoms with Crippen LogP contribution in [0.3, 0.4) is 0 Å². The second-order valence-corrected chi connectivity index (χ2v) is 22.5. The number of hydrogen-bond donors (Lipinski definition) is 7. The molecular weight excluding hydrogens is 785 g/mol. The number of rotatable bonds is 14. The van der Waals surface area contributed by atoms with E-state index in [4.69, 9.17) is 28.4 Å². The van der Waals surface area contributed by atoms with E-state index < -0.39 is 73.8 Å². The molecule has 4 aliphatic carbocycles. The van der Waals surface area contributed by atoms with Crippen molar-refractivity contribution in [3.63, 3.8) is 0 Å². The Labute approximate surface area is 364 Å². The van der Waals surface area contributed by atoms with Crippen molar-refractivity contribution in [3.8, 4) is 0 Å². The first-order chi connectivity index (χ1) is 28.6. The van der Waals surface area contributed by atoms with Gasteiger partial charge < -0.3 is 64.2 Å². The van der Waals surface area contributed by atoms with Gasteiger partial charge in [-0.05, 0) is 112 Å². The molecule has 3 heterocycles. The van der Waals surface area contributed by atoms with Crippen molar-refractivity contribution in [1.29, 1.82) is 0 Å². The lowest BCUT2D eigenvalue weighted by molar-refractivity contribution is -0.296. The molecule has 61 heavy (non-hydrogen) atoms. The Morgan fingerprint density at radius 2 is 1.46 bits per heavy atom. The fourth-order valence-electron chi connectivity index (χ4n) is 14.1. The Hall–Kier alpha value is -0.780. The van der Waals surface area contributed by atoms with Gasteiger partial charge in [-0.2, -0.15) is 0 Å². The molecule has 352 valence electrons. The maximum atomic E-state index is 11.4. The molecule has 0 aromatic heterocycles. The molecule has 0 bridgehead atoms. The van der Waals surface area contributed by atoms with Crippen LogP contribution >= 0.6 is 0 Å². The van der Waals surface area contributed by atoms with E-state index in [0.717, 1.165) is 25.7 Å². The summed E-state index contributed by atoms with van der Waals surface area (Å²) in [6.07, 6.45) is 5.65. The van der Waals surface area contributed by atoms with E-state index in [9.17, 15) is 35.7 Å². The molecule has 13 heteroatoms. The predicted octanol–water partition coefficient (Wildman–Crippen LogP) is 5.12. The molecule has 19 atom stereocenters. The van der Waals surface area contributed by atoms with Gasteiger partial charge in [0.15, 0.2) is 18.9 Å². The minimum absolute atomic E-state index is 0.0120. The highest BCUT2D eigenvalue weighted by molar-refractivity contribution is 5.30. The average molecular weight is 867 g/mol. The Kier molecular flexibility index (Phi) is 14.6. The topological polar surface area (TPSA) is 197 Å². The minimum Gasteiger partial charge on any atom is -0.394 e. The van der Waals surface area contributed by atoms with Gasteiger partial charge in [0.25, 0.3) is 0 Å². The molecule has 7 aliphatic rings. The van der Waals surface area contributed by atoms with Crippen molar-refractivity contribution >= 4 is 0 Å². The van der Waals surface area contributed by atoms with E-state index >= 15 is 0 Å². The molecule has 3 saturated carbocycles. The van der Waals surface area contributed by atoms with Crippen LogP contribution in [0.5, 0.6) is 0 Å². The molecule has 6 fully saturated rings. The van der Waals surface area contributed by atoms with Crippen LogP contribution in [0.4, 0.5) is 0 Å². The summed E-state index contributed by atoms with van der Waals surface area (Å²) in [5, 5.41) is 72.4. The van der Waals surface area contributed by atoms with Gasteiger partial charge in [-0.3, -0.25) is 0 Å². The van der Waals surface area contributed by atoms with Gasteiger partial charge in [0.05, 0.1) is 68.1 Å². The van der Waals surface area contributed by atoms with Gasteiger partial charge in [-0.15, -0.1) is 0 Å². The third-order valence-corrected chi connectivity index (χ3v) is 17.9. The van der Waals surface area contributed by atoms with Crippen molar-refractivity contribution in [2.24, 2.45) is 45.3 Å². The Morgan fingerprint density at radius 1 is 0.770 bits per heavy atom. The Bertz CT molecular complexity index is 1500. The maximum Gasteiger partial charge on any atom is 0.184 e. The summed E-state index contributed by atoms with van der Waals surface area (Å²) < 4.78 is 36.9. The monoisotopic (exact) mass is 867 g/mol. The fourth-order valence-corrected chi connectivity index (χ4v) is 14.1. The quantitative estimate of drug-likeness (QED) is 0.114. The lowest BCUT2D eigenvalue weighted by Gasteiger charge is -2.66. The second kappa shape index (κ2) is 18.5. The zero-order chi connectivity index (χ0) is 44.3. The Morgan fingerprint density at radius 3 is 2.15 bits per heavy atom. The molecule has 3 aliphatic heterocycles. The maximum absolute atomic E-state index is 11.4. The average Bonchev–Trinajstić information content (AvgIpc) is 3.46. The molecule has 7 rings (SSSR count). The fraction of sp³-hybridized carbons (Fsp3) is 0.958. The highest BCUT2D eigenvalue weighted by Gasteiger charge is 2.67. The molecule has 0 aromatic rings. The first-order valence-corrected chi connectivity index (χ1v) is 23.9. The molecule has 0 spiro atoms. The SMILES string of the molecule is C[C@H](CC[C@@H](O[C@H]1C[C@@H](O)C[C@@H](CO[C@H]2O[C@H](CO)[C@@H](O)C[C@H]2O)O1)C(C)(C)O)C1CC[C@@]2(C)C3CC=C4C(CC[C@H](O[C@H]5C[C@@H](O)C[C@@H](CO)O5)C4(C)C)[C@]3(C)CC[C@]12C. The standard InChI is InChI=1S/C48H82O13/c1-27(9-13-40(45(4,5)55)61-42-22-29(52)20-31(58-42)26-56-43-36(54)23-35(53)37(25-50)59-43)32-15-16-48(8)38-12-10-33-34(46(38,6)17-18-47(32,48)7)11-14-39(44(33,2)3)60-41-21-28(51)19-30(24-49)57-41/h10,27-32,34-43,49-55H,9,11-26H2,1-8H3/t27-,28+,29+,30+,31+,32?,34?,35+,36-,37-,38?,39+,40-,41+,42+,43+,46+,47-,48+/m1/s1. The zero-order valence-electron chi connectivity index (χ0n) is 38.4. The van der Waals surface area contributed by atoms with Gasteiger partial charge in [-0.1, -0.05) is 53.2 Å². The largest absolute Gasteiger partial charge is 0.394 e. The van der Waals surface area contributed by atoms with E-state index in [2.05, 4.69) is 47.6 Å². The molecule has 3 saturated heterocycles. The van der Waals surface area contributed by atoms with Gasteiger partial charge in [0.2, 0.25) is 0 Å². The number of fused-ring (bicyclic) bond motifs is 5. The van der Waals surface area contributed by atoms with Crippen molar-refractivity contribution < 1.29 is 64.2 Å². The first-order valence-electron chi connectivity index (χ1n) is 23.9. The van der Waals surface area contributed by atoms with Crippen molar-refractivity contribution in [3.05, 3.63) is 11.6 Å². The van der Waals surface area contributed by atoms with Gasteiger partial charge >= 0.3 is 0 Å². The highest BCUT2D eigenvalue weighted by atomic mass is 16.7. The van der Waals surface area contributed by atoms with E-state index in [1.165, 1.54) is 31.3 Å². The van der Waals surface area contributed by atoms with Gasteiger partial charge in [-0.25, -0.2) is 0 Å².